The lowest BCUT2D eigenvalue weighted by Crippen LogP contribution is -2.28. The van der Waals surface area contributed by atoms with Crippen molar-refractivity contribution in [2.75, 3.05) is 12.4 Å². The highest BCUT2D eigenvalue weighted by Gasteiger charge is 2.39. The first kappa shape index (κ1) is 22.9. The lowest BCUT2D eigenvalue weighted by molar-refractivity contribution is 0.152. The molecule has 1 aromatic heterocycles. The Morgan fingerprint density at radius 1 is 1.06 bits per heavy atom. The Kier molecular flexibility index (Phi) is 7.11. The van der Waals surface area contributed by atoms with Gasteiger partial charge in [-0.15, -0.1) is 11.8 Å². The Labute approximate surface area is 208 Å². The van der Waals surface area contributed by atoms with Crippen LogP contribution in [0.1, 0.15) is 29.0 Å². The zero-order valence-corrected chi connectivity index (χ0v) is 20.6. The van der Waals surface area contributed by atoms with Crippen LogP contribution in [0.2, 0.25) is 0 Å². The molecule has 34 heavy (non-hydrogen) atoms. The van der Waals surface area contributed by atoms with Gasteiger partial charge in [0.15, 0.2) is 5.16 Å². The Morgan fingerprint density at radius 3 is 2.74 bits per heavy atom. The molecule has 5 rings (SSSR count). The number of fused-ring (bicyclic) bond motifs is 1. The van der Waals surface area contributed by atoms with E-state index in [2.05, 4.69) is 52.5 Å². The fourth-order valence-electron chi connectivity index (χ4n) is 4.02. The summed E-state index contributed by atoms with van der Waals surface area (Å²) in [4.78, 5) is 21.4. The summed E-state index contributed by atoms with van der Waals surface area (Å²) in [6.07, 6.45) is 0.656. The van der Waals surface area contributed by atoms with Gasteiger partial charge < -0.3 is 15.0 Å². The van der Waals surface area contributed by atoms with E-state index in [1.807, 2.05) is 42.5 Å². The minimum absolute atomic E-state index is 0.186. The number of carbonyl (C=O) groups is 1. The maximum Gasteiger partial charge on any atom is 0.407 e. The minimum atomic E-state index is -0.322. The average Bonchev–Trinajstić information content (AvgIpc) is 3.49. The molecule has 0 saturated heterocycles. The number of benzene rings is 3. The molecule has 1 fully saturated rings. The van der Waals surface area contributed by atoms with Gasteiger partial charge in [0.05, 0.1) is 11.0 Å². The van der Waals surface area contributed by atoms with Crippen LogP contribution in [-0.2, 0) is 10.5 Å². The van der Waals surface area contributed by atoms with Gasteiger partial charge in [-0.05, 0) is 48.2 Å². The van der Waals surface area contributed by atoms with E-state index >= 15 is 0 Å². The Hall–Kier alpha value is -2.90. The third kappa shape index (κ3) is 5.59. The highest BCUT2D eigenvalue weighted by atomic mass is 32.2. The number of thioether (sulfide) groups is 2. The summed E-state index contributed by atoms with van der Waals surface area (Å²) in [6, 6.07) is 25.0. The van der Waals surface area contributed by atoms with Crippen LogP contribution in [-0.4, -0.2) is 34.5 Å². The highest BCUT2D eigenvalue weighted by molar-refractivity contribution is 7.99. The molecule has 2 atom stereocenters. The van der Waals surface area contributed by atoms with Gasteiger partial charge in [0, 0.05) is 28.4 Å². The van der Waals surface area contributed by atoms with E-state index in [1.165, 1.54) is 21.6 Å². The van der Waals surface area contributed by atoms with Gasteiger partial charge in [-0.2, -0.15) is 0 Å². The molecule has 0 radical (unpaired) electrons. The SMILES string of the molecule is Cc1c(CSc2nc3ccccc3[nH]2)cccc1SCCOC(=O)N[C@@H]1C[C@H]1c1ccccc1. The maximum absolute atomic E-state index is 12.1. The van der Waals surface area contributed by atoms with Crippen molar-refractivity contribution in [2.45, 2.75) is 41.1 Å². The molecule has 7 heteroatoms. The summed E-state index contributed by atoms with van der Waals surface area (Å²) in [5.74, 6) is 1.98. The van der Waals surface area contributed by atoms with Crippen LogP contribution in [0.5, 0.6) is 0 Å². The summed E-state index contributed by atoms with van der Waals surface area (Å²) in [5.41, 5.74) is 5.89. The van der Waals surface area contributed by atoms with Gasteiger partial charge in [0.2, 0.25) is 0 Å². The molecular weight excluding hydrogens is 462 g/mol. The predicted octanol–water partition coefficient (Wildman–Crippen LogP) is 6.54. The Bertz CT molecular complexity index is 1240. The van der Waals surface area contributed by atoms with Crippen molar-refractivity contribution < 1.29 is 9.53 Å². The fraction of sp³-hybridized carbons (Fsp3) is 0.259. The number of amides is 1. The second-order valence-electron chi connectivity index (χ2n) is 8.38. The van der Waals surface area contributed by atoms with Gasteiger partial charge >= 0.3 is 6.09 Å². The highest BCUT2D eigenvalue weighted by Crippen LogP contribution is 2.40. The number of hydrogen-bond donors (Lipinski definition) is 2. The van der Waals surface area contributed by atoms with Crippen LogP contribution in [0.15, 0.2) is 82.8 Å². The first-order valence-corrected chi connectivity index (χ1v) is 13.4. The lowest BCUT2D eigenvalue weighted by Gasteiger charge is -2.11. The molecule has 1 aliphatic rings. The Balaban J connectivity index is 1.06. The van der Waals surface area contributed by atoms with Crippen molar-refractivity contribution in [1.82, 2.24) is 15.3 Å². The van der Waals surface area contributed by atoms with Crippen LogP contribution in [0.4, 0.5) is 4.79 Å². The number of aromatic nitrogens is 2. The van der Waals surface area contributed by atoms with E-state index in [1.54, 1.807) is 23.5 Å². The van der Waals surface area contributed by atoms with E-state index < -0.39 is 0 Å². The minimum Gasteiger partial charge on any atom is -0.449 e. The molecule has 0 bridgehead atoms. The summed E-state index contributed by atoms with van der Waals surface area (Å²) in [5, 5.41) is 3.91. The van der Waals surface area contributed by atoms with Gasteiger partial charge in [-0.25, -0.2) is 9.78 Å². The smallest absolute Gasteiger partial charge is 0.407 e. The van der Waals surface area contributed by atoms with Crippen molar-refractivity contribution in [2.24, 2.45) is 0 Å². The molecule has 1 saturated carbocycles. The number of rotatable bonds is 9. The summed E-state index contributed by atoms with van der Waals surface area (Å²) in [6.45, 7) is 2.54. The van der Waals surface area contributed by atoms with Crippen molar-refractivity contribution in [1.29, 1.82) is 0 Å². The zero-order chi connectivity index (χ0) is 23.3. The monoisotopic (exact) mass is 489 g/mol. The van der Waals surface area contributed by atoms with Crippen molar-refractivity contribution in [3.8, 4) is 0 Å². The predicted molar refractivity (Wildman–Crippen MR) is 140 cm³/mol. The van der Waals surface area contributed by atoms with Gasteiger partial charge in [-0.1, -0.05) is 66.4 Å². The number of alkyl carbamates (subject to hydrolysis) is 1. The second-order valence-corrected chi connectivity index (χ2v) is 10.5. The number of H-pyrrole nitrogens is 1. The fourth-order valence-corrected chi connectivity index (χ4v) is 5.88. The molecule has 3 aromatic carbocycles. The Morgan fingerprint density at radius 2 is 1.88 bits per heavy atom. The number of nitrogens with zero attached hydrogens (tertiary/aromatic N) is 1. The molecular formula is C27H27N3O2S2. The van der Waals surface area contributed by atoms with E-state index in [-0.39, 0.29) is 12.1 Å². The molecule has 1 amide bonds. The number of para-hydroxylation sites is 2. The molecule has 174 valence electrons. The first-order chi connectivity index (χ1) is 16.7. The van der Waals surface area contributed by atoms with Crippen LogP contribution in [0.3, 0.4) is 0 Å². The number of imidazole rings is 1. The molecule has 2 N–H and O–H groups in total. The third-order valence-electron chi connectivity index (χ3n) is 6.02. The van der Waals surface area contributed by atoms with E-state index in [9.17, 15) is 4.79 Å². The largest absolute Gasteiger partial charge is 0.449 e. The first-order valence-electron chi connectivity index (χ1n) is 11.4. The van der Waals surface area contributed by atoms with Crippen molar-refractivity contribution in [3.63, 3.8) is 0 Å². The average molecular weight is 490 g/mol. The molecule has 1 heterocycles. The topological polar surface area (TPSA) is 67.0 Å². The van der Waals surface area contributed by atoms with Crippen molar-refractivity contribution in [3.05, 3.63) is 89.5 Å². The zero-order valence-electron chi connectivity index (χ0n) is 19.0. The quantitative estimate of drug-likeness (QED) is 0.206. The van der Waals surface area contributed by atoms with Gasteiger partial charge in [0.1, 0.15) is 6.61 Å². The van der Waals surface area contributed by atoms with Gasteiger partial charge in [-0.3, -0.25) is 0 Å². The lowest BCUT2D eigenvalue weighted by atomic mass is 10.1. The normalized spacial score (nSPS) is 17.0. The molecule has 0 aliphatic heterocycles. The standard InChI is InChI=1S/C27H27N3O2S2/c1-18-20(17-34-26-28-22-11-5-6-12-23(22)29-26)10-7-13-25(18)33-15-14-32-27(31)30-24-16-21(24)19-8-3-2-4-9-19/h2-13,21,24H,14-17H2,1H3,(H,28,29)(H,30,31)/t21-,24+/m0/s1. The number of hydrogen-bond acceptors (Lipinski definition) is 5. The molecule has 1 aliphatic carbocycles. The van der Waals surface area contributed by atoms with E-state index in [0.717, 1.165) is 34.1 Å². The maximum atomic E-state index is 12.1. The van der Waals surface area contributed by atoms with Crippen LogP contribution >= 0.6 is 23.5 Å². The number of ether oxygens (including phenoxy) is 1. The van der Waals surface area contributed by atoms with E-state index in [4.69, 9.17) is 4.74 Å². The summed E-state index contributed by atoms with van der Waals surface area (Å²) in [7, 11) is 0. The number of aromatic amines is 1. The summed E-state index contributed by atoms with van der Waals surface area (Å²) < 4.78 is 5.42. The summed E-state index contributed by atoms with van der Waals surface area (Å²) >= 11 is 3.43. The molecule has 4 aromatic rings. The van der Waals surface area contributed by atoms with Gasteiger partial charge in [0.25, 0.3) is 0 Å². The van der Waals surface area contributed by atoms with Crippen LogP contribution < -0.4 is 5.32 Å². The molecule has 5 nitrogen and oxygen atoms in total. The van der Waals surface area contributed by atoms with Crippen LogP contribution in [0, 0.1) is 6.92 Å². The third-order valence-corrected chi connectivity index (χ3v) is 8.07. The number of nitrogens with one attached hydrogen (secondary N) is 2. The second kappa shape index (κ2) is 10.6. The van der Waals surface area contributed by atoms with Crippen molar-refractivity contribution >= 4 is 40.7 Å². The number of carbonyl (C=O) groups excluding carboxylic acids is 1. The molecule has 0 unspecified atom stereocenters. The van der Waals surface area contributed by atoms with Crippen LogP contribution in [0.25, 0.3) is 11.0 Å². The molecule has 0 spiro atoms. The van der Waals surface area contributed by atoms with E-state index in [0.29, 0.717) is 12.5 Å².